The lowest BCUT2D eigenvalue weighted by molar-refractivity contribution is -0.118. The number of anilines is 1. The summed E-state index contributed by atoms with van der Waals surface area (Å²) < 4.78 is 10.4. The highest BCUT2D eigenvalue weighted by Gasteiger charge is 2.28. The lowest BCUT2D eigenvalue weighted by atomic mass is 9.79. The number of carbonyl (C=O) groups is 1. The molecule has 1 aliphatic rings. The summed E-state index contributed by atoms with van der Waals surface area (Å²) >= 11 is 0. The van der Waals surface area contributed by atoms with E-state index in [1.54, 1.807) is 19.4 Å². The van der Waals surface area contributed by atoms with Gasteiger partial charge >= 0.3 is 0 Å². The fourth-order valence-electron chi connectivity index (χ4n) is 3.71. The van der Waals surface area contributed by atoms with E-state index < -0.39 is 6.04 Å². The van der Waals surface area contributed by atoms with Crippen LogP contribution >= 0.6 is 0 Å². The van der Waals surface area contributed by atoms with Gasteiger partial charge in [0.2, 0.25) is 5.91 Å². The molecule has 0 radical (unpaired) electrons. The number of methoxy groups -OCH3 is 1. The van der Waals surface area contributed by atoms with Crippen LogP contribution in [0.2, 0.25) is 0 Å². The van der Waals surface area contributed by atoms with Gasteiger partial charge in [-0.05, 0) is 43.7 Å². The first-order valence-corrected chi connectivity index (χ1v) is 9.46. The molecule has 7 heteroatoms. The smallest absolute Gasteiger partial charge is 0.242 e. The normalized spacial score (nSPS) is 21.0. The van der Waals surface area contributed by atoms with Crippen LogP contribution in [0.5, 0.6) is 0 Å². The van der Waals surface area contributed by atoms with Gasteiger partial charge in [-0.15, -0.1) is 0 Å². The maximum absolute atomic E-state index is 12.5. The molecule has 7 nitrogen and oxygen atoms in total. The lowest BCUT2D eigenvalue weighted by Crippen LogP contribution is -2.43. The van der Waals surface area contributed by atoms with Gasteiger partial charge in [-0.2, -0.15) is 0 Å². The summed E-state index contributed by atoms with van der Waals surface area (Å²) in [6, 6.07) is 3.16. The van der Waals surface area contributed by atoms with E-state index in [1.165, 1.54) is 0 Å². The van der Waals surface area contributed by atoms with Crippen molar-refractivity contribution in [3.63, 3.8) is 0 Å². The second-order valence-corrected chi connectivity index (χ2v) is 7.46. The Bertz CT molecular complexity index is 764. The molecule has 0 saturated heterocycles. The molecule has 2 aromatic heterocycles. The van der Waals surface area contributed by atoms with E-state index in [4.69, 9.17) is 15.0 Å². The van der Waals surface area contributed by atoms with Crippen molar-refractivity contribution in [2.45, 2.75) is 52.2 Å². The average molecular weight is 372 g/mol. The van der Waals surface area contributed by atoms with Crippen molar-refractivity contribution in [3.8, 4) is 11.1 Å². The summed E-state index contributed by atoms with van der Waals surface area (Å²) in [4.78, 5) is 16.8. The molecule has 0 bridgehead atoms. The number of ether oxygens (including phenoxy) is 1. The molecule has 3 rings (SSSR count). The van der Waals surface area contributed by atoms with Gasteiger partial charge in [0.15, 0.2) is 0 Å². The molecule has 3 N–H and O–H groups in total. The van der Waals surface area contributed by atoms with E-state index in [2.05, 4.69) is 22.4 Å². The summed E-state index contributed by atoms with van der Waals surface area (Å²) in [5, 5.41) is 6.86. The van der Waals surface area contributed by atoms with Crippen molar-refractivity contribution >= 4 is 11.7 Å². The molecule has 146 valence electrons. The number of nitrogens with zero attached hydrogens (tertiary/aromatic N) is 2. The van der Waals surface area contributed by atoms with Crippen LogP contribution in [0, 0.1) is 18.8 Å². The minimum atomic E-state index is -0.493. The molecule has 1 saturated carbocycles. The standard InChI is InChI=1S/C20H28N4O3/c1-12-4-6-14(7-5-12)19(21)20(25)23-17-9-8-15(10-22-17)18-13(2)27-24-16(18)11-26-3/h8-10,12,14,19H,4-7,11,21H2,1-3H3,(H,22,23,25). The molecule has 1 unspecified atom stereocenters. The highest BCUT2D eigenvalue weighted by atomic mass is 16.5. The molecule has 2 heterocycles. The summed E-state index contributed by atoms with van der Waals surface area (Å²) in [5.41, 5.74) is 8.65. The van der Waals surface area contributed by atoms with Crippen molar-refractivity contribution < 1.29 is 14.1 Å². The summed E-state index contributed by atoms with van der Waals surface area (Å²) in [7, 11) is 1.61. The molecule has 27 heavy (non-hydrogen) atoms. The van der Waals surface area contributed by atoms with Crippen LogP contribution in [0.3, 0.4) is 0 Å². The summed E-state index contributed by atoms with van der Waals surface area (Å²) in [6.45, 7) is 4.46. The number of carbonyl (C=O) groups excluding carboxylic acids is 1. The molecule has 1 atom stereocenters. The first-order valence-electron chi connectivity index (χ1n) is 9.46. The largest absolute Gasteiger partial charge is 0.378 e. The zero-order valence-electron chi connectivity index (χ0n) is 16.2. The predicted molar refractivity (Wildman–Crippen MR) is 103 cm³/mol. The Kier molecular flexibility index (Phi) is 6.23. The predicted octanol–water partition coefficient (Wildman–Crippen LogP) is 3.28. The van der Waals surface area contributed by atoms with Gasteiger partial charge in [0.1, 0.15) is 17.3 Å². The first-order chi connectivity index (χ1) is 13.0. The average Bonchev–Trinajstić information content (AvgIpc) is 3.03. The fourth-order valence-corrected chi connectivity index (χ4v) is 3.71. The maximum atomic E-state index is 12.5. The summed E-state index contributed by atoms with van der Waals surface area (Å²) in [6.07, 6.45) is 6.00. The van der Waals surface area contributed by atoms with Gasteiger partial charge in [0.05, 0.1) is 18.2 Å². The molecular formula is C20H28N4O3. The van der Waals surface area contributed by atoms with E-state index in [0.717, 1.165) is 48.4 Å². The Morgan fingerprint density at radius 2 is 2.11 bits per heavy atom. The molecule has 0 aromatic carbocycles. The molecule has 0 spiro atoms. The number of aromatic nitrogens is 2. The van der Waals surface area contributed by atoms with Crippen LogP contribution in [-0.4, -0.2) is 29.2 Å². The van der Waals surface area contributed by atoms with E-state index in [9.17, 15) is 4.79 Å². The number of aryl methyl sites for hydroxylation is 1. The van der Waals surface area contributed by atoms with Gasteiger partial charge < -0.3 is 20.3 Å². The van der Waals surface area contributed by atoms with Gasteiger partial charge in [0, 0.05) is 18.9 Å². The molecule has 1 aliphatic carbocycles. The number of nitrogens with two attached hydrogens (primary N) is 1. The van der Waals surface area contributed by atoms with Crippen molar-refractivity contribution in [3.05, 3.63) is 29.8 Å². The van der Waals surface area contributed by atoms with Gasteiger partial charge in [0.25, 0.3) is 0 Å². The monoisotopic (exact) mass is 372 g/mol. The third-order valence-electron chi connectivity index (χ3n) is 5.39. The number of rotatable bonds is 6. The first kappa shape index (κ1) is 19.5. The van der Waals surface area contributed by atoms with Crippen LogP contribution in [0.1, 0.15) is 44.1 Å². The fraction of sp³-hybridized carbons (Fsp3) is 0.550. The Balaban J connectivity index is 1.65. The minimum absolute atomic E-state index is 0.170. The third kappa shape index (κ3) is 4.54. The highest BCUT2D eigenvalue weighted by Crippen LogP contribution is 2.30. The maximum Gasteiger partial charge on any atom is 0.242 e. The van der Waals surface area contributed by atoms with Crippen LogP contribution in [-0.2, 0) is 16.1 Å². The highest BCUT2D eigenvalue weighted by molar-refractivity contribution is 5.94. The number of nitrogens with one attached hydrogen (secondary N) is 1. The van der Waals surface area contributed by atoms with Crippen LogP contribution in [0.15, 0.2) is 22.9 Å². The Labute approximate surface area is 159 Å². The Hall–Kier alpha value is -2.25. The van der Waals surface area contributed by atoms with Gasteiger partial charge in [-0.3, -0.25) is 4.79 Å². The van der Waals surface area contributed by atoms with Gasteiger partial charge in [-0.25, -0.2) is 4.98 Å². The molecule has 1 amide bonds. The zero-order valence-corrected chi connectivity index (χ0v) is 16.2. The SMILES string of the molecule is COCc1noc(C)c1-c1ccc(NC(=O)C(N)C2CCC(C)CC2)nc1. The zero-order chi connectivity index (χ0) is 19.4. The third-order valence-corrected chi connectivity index (χ3v) is 5.39. The Morgan fingerprint density at radius 1 is 1.37 bits per heavy atom. The van der Waals surface area contributed by atoms with Crippen LogP contribution in [0.4, 0.5) is 5.82 Å². The number of hydrogen-bond acceptors (Lipinski definition) is 6. The minimum Gasteiger partial charge on any atom is -0.378 e. The van der Waals surface area contributed by atoms with Crippen molar-refractivity contribution in [1.29, 1.82) is 0 Å². The van der Waals surface area contributed by atoms with Crippen molar-refractivity contribution in [2.24, 2.45) is 17.6 Å². The van der Waals surface area contributed by atoms with E-state index >= 15 is 0 Å². The number of hydrogen-bond donors (Lipinski definition) is 2. The van der Waals surface area contributed by atoms with Crippen LogP contribution < -0.4 is 11.1 Å². The topological polar surface area (TPSA) is 103 Å². The Morgan fingerprint density at radius 3 is 2.74 bits per heavy atom. The van der Waals surface area contributed by atoms with Gasteiger partial charge in [-0.1, -0.05) is 24.9 Å². The van der Waals surface area contributed by atoms with E-state index in [0.29, 0.717) is 18.2 Å². The number of amides is 1. The second kappa shape index (κ2) is 8.63. The molecule has 1 fully saturated rings. The molecule has 0 aliphatic heterocycles. The quantitative estimate of drug-likeness (QED) is 0.806. The second-order valence-electron chi connectivity index (χ2n) is 7.46. The molecular weight excluding hydrogens is 344 g/mol. The summed E-state index contributed by atoms with van der Waals surface area (Å²) in [5.74, 6) is 2.00. The van der Waals surface area contributed by atoms with E-state index in [1.807, 2.05) is 13.0 Å². The lowest BCUT2D eigenvalue weighted by Gasteiger charge is -2.29. The van der Waals surface area contributed by atoms with Crippen molar-refractivity contribution in [2.75, 3.05) is 12.4 Å². The van der Waals surface area contributed by atoms with Crippen LogP contribution in [0.25, 0.3) is 11.1 Å². The molecule has 2 aromatic rings. The van der Waals surface area contributed by atoms with Crippen molar-refractivity contribution in [1.82, 2.24) is 10.1 Å². The van der Waals surface area contributed by atoms with E-state index in [-0.39, 0.29) is 11.8 Å². The number of pyridine rings is 1.